The minimum Gasteiger partial charge on any atom is -0.491 e. The first-order valence-corrected chi connectivity index (χ1v) is 10.8. The molecule has 0 aliphatic rings. The van der Waals surface area contributed by atoms with E-state index in [-0.39, 0.29) is 12.0 Å². The average molecular weight is 471 g/mol. The van der Waals surface area contributed by atoms with Crippen LogP contribution in [0.15, 0.2) is 69.8 Å². The number of halogens is 1. The number of amides is 1. The fourth-order valence-electron chi connectivity index (χ4n) is 2.89. The Morgan fingerprint density at radius 3 is 2.69 bits per heavy atom. The number of aromatic nitrogens is 1. The second kappa shape index (κ2) is 8.39. The lowest BCUT2D eigenvalue weighted by Crippen LogP contribution is -2.30. The van der Waals surface area contributed by atoms with Crippen LogP contribution in [-0.2, 0) is 6.54 Å². The van der Waals surface area contributed by atoms with Crippen LogP contribution in [0, 0.1) is 0 Å². The molecule has 1 amide bonds. The van der Waals surface area contributed by atoms with Crippen molar-refractivity contribution >= 4 is 48.5 Å². The maximum absolute atomic E-state index is 13.3. The number of furan rings is 1. The van der Waals surface area contributed by atoms with E-state index in [0.29, 0.717) is 23.0 Å². The van der Waals surface area contributed by atoms with Crippen molar-refractivity contribution in [2.75, 3.05) is 4.90 Å². The lowest BCUT2D eigenvalue weighted by molar-refractivity contribution is 0.0983. The molecule has 4 aromatic rings. The van der Waals surface area contributed by atoms with E-state index in [1.54, 1.807) is 23.3 Å². The van der Waals surface area contributed by atoms with Crippen LogP contribution >= 0.6 is 27.3 Å². The van der Waals surface area contributed by atoms with Gasteiger partial charge in [-0.25, -0.2) is 4.98 Å². The molecule has 5 nitrogen and oxygen atoms in total. The van der Waals surface area contributed by atoms with Crippen LogP contribution in [0.1, 0.15) is 30.0 Å². The van der Waals surface area contributed by atoms with E-state index in [4.69, 9.17) is 9.15 Å². The van der Waals surface area contributed by atoms with Crippen molar-refractivity contribution in [2.45, 2.75) is 26.5 Å². The van der Waals surface area contributed by atoms with E-state index >= 15 is 0 Å². The Hall–Kier alpha value is -2.64. The monoisotopic (exact) mass is 470 g/mol. The molecule has 0 spiro atoms. The lowest BCUT2D eigenvalue weighted by atomic mass is 10.2. The molecule has 0 unspecified atom stereocenters. The molecule has 2 aromatic heterocycles. The molecule has 0 aliphatic carbocycles. The Balaban J connectivity index is 1.68. The van der Waals surface area contributed by atoms with Gasteiger partial charge in [-0.05, 0) is 68.4 Å². The molecular weight excluding hydrogens is 452 g/mol. The van der Waals surface area contributed by atoms with Crippen LogP contribution < -0.4 is 9.64 Å². The van der Waals surface area contributed by atoms with Gasteiger partial charge in [-0.3, -0.25) is 9.69 Å². The maximum Gasteiger partial charge on any atom is 0.260 e. The fourth-order valence-corrected chi connectivity index (χ4v) is 4.41. The summed E-state index contributed by atoms with van der Waals surface area (Å²) in [6.07, 6.45) is 1.68. The number of thiazole rings is 1. The molecule has 0 bridgehead atoms. The number of nitrogens with zero attached hydrogens (tertiary/aromatic N) is 2. The zero-order chi connectivity index (χ0) is 20.4. The molecule has 29 heavy (non-hydrogen) atoms. The van der Waals surface area contributed by atoms with Crippen LogP contribution in [-0.4, -0.2) is 17.0 Å². The number of hydrogen-bond acceptors (Lipinski definition) is 5. The van der Waals surface area contributed by atoms with E-state index in [9.17, 15) is 4.79 Å². The topological polar surface area (TPSA) is 55.6 Å². The highest BCUT2D eigenvalue weighted by atomic mass is 79.9. The van der Waals surface area contributed by atoms with Gasteiger partial charge in [-0.2, -0.15) is 0 Å². The van der Waals surface area contributed by atoms with Gasteiger partial charge in [0.2, 0.25) is 0 Å². The first kappa shape index (κ1) is 19.7. The van der Waals surface area contributed by atoms with E-state index in [0.717, 1.165) is 20.4 Å². The van der Waals surface area contributed by atoms with Gasteiger partial charge in [0.25, 0.3) is 5.91 Å². The van der Waals surface area contributed by atoms with Crippen molar-refractivity contribution in [2.24, 2.45) is 0 Å². The molecule has 0 aliphatic heterocycles. The number of carbonyl (C=O) groups excluding carboxylic acids is 1. The quantitative estimate of drug-likeness (QED) is 0.332. The van der Waals surface area contributed by atoms with E-state index in [1.807, 2.05) is 56.3 Å². The number of ether oxygens (including phenoxy) is 1. The van der Waals surface area contributed by atoms with Crippen molar-refractivity contribution < 1.29 is 13.9 Å². The van der Waals surface area contributed by atoms with Gasteiger partial charge >= 0.3 is 0 Å². The predicted octanol–water partition coefficient (Wildman–Crippen LogP) is 6.29. The number of benzene rings is 2. The maximum atomic E-state index is 13.3. The second-order valence-electron chi connectivity index (χ2n) is 6.77. The molecule has 0 N–H and O–H groups in total. The number of hydrogen-bond donors (Lipinski definition) is 0. The molecule has 0 saturated heterocycles. The van der Waals surface area contributed by atoms with Crippen molar-refractivity contribution in [3.63, 3.8) is 0 Å². The van der Waals surface area contributed by atoms with Gasteiger partial charge in [0.05, 0.1) is 29.1 Å². The first-order valence-electron chi connectivity index (χ1n) is 9.16. The van der Waals surface area contributed by atoms with E-state index in [1.165, 1.54) is 11.3 Å². The summed E-state index contributed by atoms with van der Waals surface area (Å²) >= 11 is 4.96. The zero-order valence-electron chi connectivity index (χ0n) is 16.0. The van der Waals surface area contributed by atoms with Gasteiger partial charge < -0.3 is 9.15 Å². The van der Waals surface area contributed by atoms with Crippen LogP contribution in [0.4, 0.5) is 5.13 Å². The Kier molecular flexibility index (Phi) is 5.69. The van der Waals surface area contributed by atoms with E-state index < -0.39 is 0 Å². The van der Waals surface area contributed by atoms with Gasteiger partial charge in [-0.1, -0.05) is 27.3 Å². The second-order valence-corrected chi connectivity index (χ2v) is 8.69. The lowest BCUT2D eigenvalue weighted by Gasteiger charge is -2.19. The fraction of sp³-hybridized carbons (Fsp3) is 0.182. The third kappa shape index (κ3) is 4.52. The zero-order valence-corrected chi connectivity index (χ0v) is 18.4. The Morgan fingerprint density at radius 2 is 2.00 bits per heavy atom. The molecule has 148 valence electrons. The molecule has 4 rings (SSSR count). The summed E-state index contributed by atoms with van der Waals surface area (Å²) in [5, 5.41) is 0.627. The van der Waals surface area contributed by atoms with Gasteiger partial charge in [0, 0.05) is 10.0 Å². The van der Waals surface area contributed by atoms with Crippen LogP contribution in [0.2, 0.25) is 0 Å². The Labute approximate surface area is 181 Å². The summed E-state index contributed by atoms with van der Waals surface area (Å²) in [5.41, 5.74) is 1.42. The summed E-state index contributed by atoms with van der Waals surface area (Å²) < 4.78 is 13.1. The summed E-state index contributed by atoms with van der Waals surface area (Å²) in [6, 6.07) is 16.7. The van der Waals surface area contributed by atoms with Gasteiger partial charge in [0.1, 0.15) is 11.5 Å². The first-order chi connectivity index (χ1) is 14.0. The SMILES string of the molecule is CC(C)Oc1ccc(C(=O)N(Cc2ccco2)c2nc3ccc(Br)cc3s2)cc1. The minimum absolute atomic E-state index is 0.0778. The Bertz CT molecular complexity index is 1120. The molecule has 0 fully saturated rings. The summed E-state index contributed by atoms with van der Waals surface area (Å²) in [5.74, 6) is 1.29. The largest absolute Gasteiger partial charge is 0.491 e. The van der Waals surface area contributed by atoms with Crippen molar-refractivity contribution in [3.8, 4) is 5.75 Å². The molecule has 2 aromatic carbocycles. The number of fused-ring (bicyclic) bond motifs is 1. The molecule has 7 heteroatoms. The molecule has 2 heterocycles. The number of anilines is 1. The highest BCUT2D eigenvalue weighted by molar-refractivity contribution is 9.10. The van der Waals surface area contributed by atoms with Crippen LogP contribution in [0.3, 0.4) is 0 Å². The smallest absolute Gasteiger partial charge is 0.260 e. The summed E-state index contributed by atoms with van der Waals surface area (Å²) in [4.78, 5) is 19.7. The molecule has 0 saturated carbocycles. The highest BCUT2D eigenvalue weighted by Crippen LogP contribution is 2.32. The normalized spacial score (nSPS) is 11.2. The number of rotatable bonds is 6. The van der Waals surface area contributed by atoms with Crippen LogP contribution in [0.25, 0.3) is 10.2 Å². The van der Waals surface area contributed by atoms with Gasteiger partial charge in [-0.15, -0.1) is 0 Å². The third-order valence-corrected chi connectivity index (χ3v) is 5.72. The summed E-state index contributed by atoms with van der Waals surface area (Å²) in [7, 11) is 0. The van der Waals surface area contributed by atoms with E-state index in [2.05, 4.69) is 20.9 Å². The minimum atomic E-state index is -0.143. The highest BCUT2D eigenvalue weighted by Gasteiger charge is 2.23. The standard InChI is InChI=1S/C22H19BrN2O3S/c1-14(2)28-17-8-5-15(6-9-17)21(26)25(13-18-4-3-11-27-18)22-24-19-10-7-16(23)12-20(19)29-22/h3-12,14H,13H2,1-2H3. The van der Waals surface area contributed by atoms with Crippen molar-refractivity contribution in [3.05, 3.63) is 76.7 Å². The molecular formula is C22H19BrN2O3S. The Morgan fingerprint density at radius 1 is 1.21 bits per heavy atom. The third-order valence-electron chi connectivity index (χ3n) is 4.18. The van der Waals surface area contributed by atoms with Crippen LogP contribution in [0.5, 0.6) is 5.75 Å². The number of carbonyl (C=O) groups is 1. The molecule has 0 atom stereocenters. The van der Waals surface area contributed by atoms with Crippen molar-refractivity contribution in [1.29, 1.82) is 0 Å². The summed E-state index contributed by atoms with van der Waals surface area (Å²) in [6.45, 7) is 4.24. The van der Waals surface area contributed by atoms with Gasteiger partial charge in [0.15, 0.2) is 5.13 Å². The van der Waals surface area contributed by atoms with Crippen molar-refractivity contribution in [1.82, 2.24) is 4.98 Å². The average Bonchev–Trinajstić information content (AvgIpc) is 3.34. The molecule has 0 radical (unpaired) electrons. The predicted molar refractivity (Wildman–Crippen MR) is 119 cm³/mol.